The van der Waals surface area contributed by atoms with E-state index in [1.807, 2.05) is 0 Å². The molecule has 2 saturated heterocycles. The highest BCUT2D eigenvalue weighted by Gasteiger charge is 2.48. The number of aliphatic hydroxyl groups excluding tert-OH is 1. The molecule has 2 aliphatic rings. The van der Waals surface area contributed by atoms with Crippen molar-refractivity contribution in [3.63, 3.8) is 0 Å². The van der Waals surface area contributed by atoms with Crippen LogP contribution in [-0.2, 0) is 9.47 Å². The highest BCUT2D eigenvalue weighted by atomic mass is 16.6. The van der Waals surface area contributed by atoms with Crippen molar-refractivity contribution < 1.29 is 14.6 Å². The Labute approximate surface area is 59.9 Å². The maximum atomic E-state index is 9.43. The lowest BCUT2D eigenvalue weighted by Crippen LogP contribution is -2.38. The van der Waals surface area contributed by atoms with Crippen molar-refractivity contribution in [3.8, 4) is 0 Å². The molecule has 0 aromatic heterocycles. The van der Waals surface area contributed by atoms with Gasteiger partial charge in [-0.2, -0.15) is 0 Å². The molecule has 2 rings (SSSR count). The number of hydrogen-bond donors (Lipinski definition) is 1. The van der Waals surface area contributed by atoms with E-state index < -0.39 is 0 Å². The molecule has 0 unspecified atom stereocenters. The SMILES string of the molecule is CO[C@@H]1[C@@H](O)[C@H]2CC[C@@H]1O2. The van der Waals surface area contributed by atoms with E-state index in [1.54, 1.807) is 7.11 Å². The summed E-state index contributed by atoms with van der Waals surface area (Å²) in [4.78, 5) is 0. The zero-order chi connectivity index (χ0) is 7.14. The quantitative estimate of drug-likeness (QED) is 0.559. The molecule has 0 spiro atoms. The van der Waals surface area contributed by atoms with Crippen LogP contribution in [0.4, 0.5) is 0 Å². The average molecular weight is 144 g/mol. The Balaban J connectivity index is 2.10. The molecule has 4 atom stereocenters. The molecule has 0 aromatic carbocycles. The number of ether oxygens (including phenoxy) is 2. The number of rotatable bonds is 1. The molecular weight excluding hydrogens is 132 g/mol. The summed E-state index contributed by atoms with van der Waals surface area (Å²) in [5.74, 6) is 0. The minimum Gasteiger partial charge on any atom is -0.388 e. The number of fused-ring (bicyclic) bond motifs is 2. The van der Waals surface area contributed by atoms with Gasteiger partial charge in [0.1, 0.15) is 12.2 Å². The molecule has 0 radical (unpaired) electrons. The average Bonchev–Trinajstić information content (AvgIpc) is 2.46. The van der Waals surface area contributed by atoms with Crippen molar-refractivity contribution in [1.29, 1.82) is 0 Å². The third-order valence-electron chi connectivity index (χ3n) is 2.44. The maximum Gasteiger partial charge on any atom is 0.112 e. The Kier molecular flexibility index (Phi) is 1.44. The van der Waals surface area contributed by atoms with Crippen LogP contribution in [0, 0.1) is 0 Å². The summed E-state index contributed by atoms with van der Waals surface area (Å²) in [5.41, 5.74) is 0. The van der Waals surface area contributed by atoms with Crippen LogP contribution in [0.3, 0.4) is 0 Å². The summed E-state index contributed by atoms with van der Waals surface area (Å²) in [6.45, 7) is 0. The minimum absolute atomic E-state index is 0.0509. The van der Waals surface area contributed by atoms with Gasteiger partial charge in [-0.1, -0.05) is 0 Å². The van der Waals surface area contributed by atoms with Gasteiger partial charge in [0.15, 0.2) is 0 Å². The van der Waals surface area contributed by atoms with Crippen molar-refractivity contribution in [1.82, 2.24) is 0 Å². The van der Waals surface area contributed by atoms with E-state index in [0.29, 0.717) is 0 Å². The summed E-state index contributed by atoms with van der Waals surface area (Å²) in [7, 11) is 1.62. The molecule has 3 heteroatoms. The monoisotopic (exact) mass is 144 g/mol. The van der Waals surface area contributed by atoms with E-state index in [-0.39, 0.29) is 24.4 Å². The van der Waals surface area contributed by atoms with Gasteiger partial charge in [0.2, 0.25) is 0 Å². The van der Waals surface area contributed by atoms with Crippen LogP contribution in [0.15, 0.2) is 0 Å². The van der Waals surface area contributed by atoms with Crippen molar-refractivity contribution in [2.24, 2.45) is 0 Å². The van der Waals surface area contributed by atoms with Gasteiger partial charge in [-0.25, -0.2) is 0 Å². The second kappa shape index (κ2) is 2.19. The third kappa shape index (κ3) is 0.713. The van der Waals surface area contributed by atoms with Crippen LogP contribution in [0.25, 0.3) is 0 Å². The van der Waals surface area contributed by atoms with Crippen LogP contribution >= 0.6 is 0 Å². The van der Waals surface area contributed by atoms with Gasteiger partial charge in [0, 0.05) is 7.11 Å². The zero-order valence-corrected chi connectivity index (χ0v) is 5.99. The Morgan fingerprint density at radius 2 is 2.10 bits per heavy atom. The molecule has 1 N–H and O–H groups in total. The molecule has 0 aromatic rings. The van der Waals surface area contributed by atoms with Crippen LogP contribution < -0.4 is 0 Å². The fourth-order valence-corrected chi connectivity index (χ4v) is 1.90. The summed E-state index contributed by atoms with van der Waals surface area (Å²) >= 11 is 0. The number of hydrogen-bond acceptors (Lipinski definition) is 3. The third-order valence-corrected chi connectivity index (χ3v) is 2.44. The fourth-order valence-electron chi connectivity index (χ4n) is 1.90. The largest absolute Gasteiger partial charge is 0.388 e. The molecule has 10 heavy (non-hydrogen) atoms. The fraction of sp³-hybridized carbons (Fsp3) is 1.00. The highest BCUT2D eigenvalue weighted by Crippen LogP contribution is 2.35. The predicted molar refractivity (Wildman–Crippen MR) is 34.7 cm³/mol. The van der Waals surface area contributed by atoms with E-state index in [2.05, 4.69) is 0 Å². The van der Waals surface area contributed by atoms with Gasteiger partial charge in [-0.3, -0.25) is 0 Å². The molecular formula is C7H12O3. The topological polar surface area (TPSA) is 38.7 Å². The highest BCUT2D eigenvalue weighted by molar-refractivity contribution is 4.97. The van der Waals surface area contributed by atoms with E-state index in [1.165, 1.54) is 0 Å². The Morgan fingerprint density at radius 3 is 2.50 bits per heavy atom. The van der Waals surface area contributed by atoms with E-state index in [0.717, 1.165) is 12.8 Å². The van der Waals surface area contributed by atoms with Crippen molar-refractivity contribution in [2.45, 2.75) is 37.3 Å². The predicted octanol–water partition coefficient (Wildman–Crippen LogP) is -0.0765. The lowest BCUT2D eigenvalue weighted by molar-refractivity contribution is -0.0183. The summed E-state index contributed by atoms with van der Waals surface area (Å²) in [6.07, 6.45) is 1.79. The molecule has 0 saturated carbocycles. The first-order valence-corrected chi connectivity index (χ1v) is 3.69. The first-order chi connectivity index (χ1) is 4.83. The van der Waals surface area contributed by atoms with Crippen LogP contribution in [0.5, 0.6) is 0 Å². The van der Waals surface area contributed by atoms with E-state index in [9.17, 15) is 5.11 Å². The molecule has 2 fully saturated rings. The lowest BCUT2D eigenvalue weighted by Gasteiger charge is -2.21. The molecule has 58 valence electrons. The lowest BCUT2D eigenvalue weighted by atomic mass is 9.95. The van der Waals surface area contributed by atoms with E-state index in [4.69, 9.17) is 9.47 Å². The van der Waals surface area contributed by atoms with Gasteiger partial charge in [0.05, 0.1) is 12.2 Å². The minimum atomic E-state index is -0.385. The van der Waals surface area contributed by atoms with Crippen molar-refractivity contribution >= 4 is 0 Å². The first-order valence-electron chi connectivity index (χ1n) is 3.69. The number of methoxy groups -OCH3 is 1. The Hall–Kier alpha value is -0.120. The molecule has 0 amide bonds. The number of aliphatic hydroxyl groups is 1. The van der Waals surface area contributed by atoms with Gasteiger partial charge < -0.3 is 14.6 Å². The Bertz CT molecular complexity index is 135. The molecule has 2 heterocycles. The van der Waals surface area contributed by atoms with Crippen molar-refractivity contribution in [2.75, 3.05) is 7.11 Å². The molecule has 3 nitrogen and oxygen atoms in total. The van der Waals surface area contributed by atoms with Gasteiger partial charge in [-0.05, 0) is 12.8 Å². The van der Waals surface area contributed by atoms with Gasteiger partial charge >= 0.3 is 0 Å². The first kappa shape index (κ1) is 6.58. The van der Waals surface area contributed by atoms with Crippen LogP contribution in [0.1, 0.15) is 12.8 Å². The molecule has 0 aliphatic carbocycles. The summed E-state index contributed by atoms with van der Waals surface area (Å²) in [5, 5.41) is 9.43. The summed E-state index contributed by atoms with van der Waals surface area (Å²) in [6, 6.07) is 0. The van der Waals surface area contributed by atoms with Gasteiger partial charge in [0.25, 0.3) is 0 Å². The standard InChI is InChI=1S/C7H12O3/c1-9-7-5-3-2-4(10-5)6(7)8/h4-8H,2-3H2,1H3/t4-,5+,6+,7+/m1/s1. The smallest absolute Gasteiger partial charge is 0.112 e. The van der Waals surface area contributed by atoms with Crippen LogP contribution in [-0.4, -0.2) is 36.6 Å². The molecule has 2 bridgehead atoms. The van der Waals surface area contributed by atoms with Gasteiger partial charge in [-0.15, -0.1) is 0 Å². The van der Waals surface area contributed by atoms with E-state index >= 15 is 0 Å². The van der Waals surface area contributed by atoms with Crippen LogP contribution in [0.2, 0.25) is 0 Å². The second-order valence-corrected chi connectivity index (χ2v) is 2.98. The normalized spacial score (nSPS) is 52.2. The van der Waals surface area contributed by atoms with Crippen molar-refractivity contribution in [3.05, 3.63) is 0 Å². The Morgan fingerprint density at radius 1 is 1.40 bits per heavy atom. The summed E-state index contributed by atoms with van der Waals surface area (Å²) < 4.78 is 10.5. The zero-order valence-electron chi connectivity index (χ0n) is 5.99. The molecule has 2 aliphatic heterocycles. The maximum absolute atomic E-state index is 9.43. The second-order valence-electron chi connectivity index (χ2n) is 2.98.